The lowest BCUT2D eigenvalue weighted by molar-refractivity contribution is -0.383. The minimum absolute atomic E-state index is 0.0205. The first kappa shape index (κ1) is 21.6. The molecule has 2 aromatic rings. The lowest BCUT2D eigenvalue weighted by Gasteiger charge is -2.26. The molecule has 0 spiro atoms. The Kier molecular flexibility index (Phi) is 7.24. The molecular weight excluding hydrogens is 384 g/mol. The molecule has 1 N–H and O–H groups in total. The summed E-state index contributed by atoms with van der Waals surface area (Å²) in [5.74, 6) is -0.125. The van der Waals surface area contributed by atoms with Crippen LogP contribution in [0.5, 0.6) is 0 Å². The SMILES string of the molecule is CN(C)c1ccc(CN(CC2CCCO2)C(=O)CNc2ccccc2[N+](=O)[O-])cc1. The Morgan fingerprint density at radius 2 is 1.93 bits per heavy atom. The summed E-state index contributed by atoms with van der Waals surface area (Å²) < 4.78 is 5.72. The standard InChI is InChI=1S/C22H28N4O4/c1-24(2)18-11-9-17(10-12-18)15-25(16-19-6-5-13-30-19)22(27)14-23-20-7-3-4-8-21(20)26(28)29/h3-4,7-12,19,23H,5-6,13-16H2,1-2H3. The van der Waals surface area contributed by atoms with E-state index in [0.29, 0.717) is 18.8 Å². The Morgan fingerprint density at radius 3 is 2.57 bits per heavy atom. The molecule has 3 rings (SSSR count). The molecule has 1 aliphatic heterocycles. The third kappa shape index (κ3) is 5.70. The van der Waals surface area contributed by atoms with Crippen LogP contribution in [0.4, 0.5) is 17.1 Å². The van der Waals surface area contributed by atoms with Gasteiger partial charge >= 0.3 is 0 Å². The van der Waals surface area contributed by atoms with Gasteiger partial charge in [-0.1, -0.05) is 24.3 Å². The van der Waals surface area contributed by atoms with Crippen molar-refractivity contribution in [3.05, 3.63) is 64.2 Å². The van der Waals surface area contributed by atoms with Gasteiger partial charge in [0.1, 0.15) is 5.69 Å². The Bertz CT molecular complexity index is 864. The summed E-state index contributed by atoms with van der Waals surface area (Å²) in [5.41, 5.74) is 2.41. The van der Waals surface area contributed by atoms with E-state index >= 15 is 0 Å². The smallest absolute Gasteiger partial charge is 0.292 e. The van der Waals surface area contributed by atoms with Gasteiger partial charge in [0.15, 0.2) is 0 Å². The second kappa shape index (κ2) is 10.1. The number of hydrogen-bond donors (Lipinski definition) is 1. The number of nitrogens with one attached hydrogen (secondary N) is 1. The van der Waals surface area contributed by atoms with Crippen LogP contribution in [0.25, 0.3) is 0 Å². The summed E-state index contributed by atoms with van der Waals surface area (Å²) in [6.07, 6.45) is 1.96. The molecule has 1 unspecified atom stereocenters. The molecule has 0 bridgehead atoms. The number of ether oxygens (including phenoxy) is 1. The number of nitrogens with zero attached hydrogens (tertiary/aromatic N) is 3. The van der Waals surface area contributed by atoms with Crippen molar-refractivity contribution >= 4 is 23.0 Å². The van der Waals surface area contributed by atoms with Crippen molar-refractivity contribution in [2.45, 2.75) is 25.5 Å². The average molecular weight is 412 g/mol. The van der Waals surface area contributed by atoms with E-state index in [1.165, 1.54) is 6.07 Å². The predicted molar refractivity (Wildman–Crippen MR) is 117 cm³/mol. The van der Waals surface area contributed by atoms with E-state index in [0.717, 1.165) is 30.7 Å². The van der Waals surface area contributed by atoms with Gasteiger partial charge in [-0.05, 0) is 36.6 Å². The number of nitro groups is 1. The molecule has 8 heteroatoms. The maximum absolute atomic E-state index is 13.0. The molecule has 1 saturated heterocycles. The molecule has 1 fully saturated rings. The van der Waals surface area contributed by atoms with Crippen molar-refractivity contribution in [2.24, 2.45) is 0 Å². The van der Waals surface area contributed by atoms with E-state index < -0.39 is 4.92 Å². The number of carbonyl (C=O) groups is 1. The summed E-state index contributed by atoms with van der Waals surface area (Å²) >= 11 is 0. The van der Waals surface area contributed by atoms with Crippen molar-refractivity contribution in [1.29, 1.82) is 0 Å². The van der Waals surface area contributed by atoms with Crippen LogP contribution >= 0.6 is 0 Å². The first-order valence-electron chi connectivity index (χ1n) is 10.1. The molecule has 0 saturated carbocycles. The predicted octanol–water partition coefficient (Wildman–Crippen LogP) is 3.28. The third-order valence-corrected chi connectivity index (χ3v) is 5.16. The minimum Gasteiger partial charge on any atom is -0.378 e. The molecule has 0 aromatic heterocycles. The van der Waals surface area contributed by atoms with Gasteiger partial charge in [-0.2, -0.15) is 0 Å². The maximum Gasteiger partial charge on any atom is 0.292 e. The van der Waals surface area contributed by atoms with Gasteiger partial charge in [-0.3, -0.25) is 14.9 Å². The topological polar surface area (TPSA) is 88.0 Å². The quantitative estimate of drug-likeness (QED) is 0.502. The highest BCUT2D eigenvalue weighted by molar-refractivity contribution is 5.82. The summed E-state index contributed by atoms with van der Waals surface area (Å²) in [6, 6.07) is 14.4. The highest BCUT2D eigenvalue weighted by Crippen LogP contribution is 2.23. The van der Waals surface area contributed by atoms with Crippen LogP contribution in [0.3, 0.4) is 0 Å². The van der Waals surface area contributed by atoms with Crippen LogP contribution in [0.2, 0.25) is 0 Å². The first-order chi connectivity index (χ1) is 14.4. The molecule has 1 atom stereocenters. The zero-order valence-electron chi connectivity index (χ0n) is 17.4. The number of nitro benzene ring substituents is 1. The Labute approximate surface area is 176 Å². The summed E-state index contributed by atoms with van der Waals surface area (Å²) in [7, 11) is 3.97. The van der Waals surface area contributed by atoms with Gasteiger partial charge in [0.25, 0.3) is 5.69 Å². The van der Waals surface area contributed by atoms with Crippen molar-refractivity contribution in [3.63, 3.8) is 0 Å². The van der Waals surface area contributed by atoms with Gasteiger partial charge in [-0.25, -0.2) is 0 Å². The zero-order valence-corrected chi connectivity index (χ0v) is 17.4. The van der Waals surface area contributed by atoms with E-state index in [2.05, 4.69) is 5.32 Å². The molecule has 1 amide bonds. The molecule has 30 heavy (non-hydrogen) atoms. The normalized spacial score (nSPS) is 15.6. The van der Waals surface area contributed by atoms with E-state index in [-0.39, 0.29) is 24.2 Å². The molecule has 2 aromatic carbocycles. The van der Waals surface area contributed by atoms with Crippen LogP contribution < -0.4 is 10.2 Å². The number of anilines is 2. The lowest BCUT2D eigenvalue weighted by Crippen LogP contribution is -2.40. The van der Waals surface area contributed by atoms with Crippen molar-refractivity contribution in [1.82, 2.24) is 4.90 Å². The lowest BCUT2D eigenvalue weighted by atomic mass is 10.1. The van der Waals surface area contributed by atoms with E-state index in [1.807, 2.05) is 43.3 Å². The summed E-state index contributed by atoms with van der Waals surface area (Å²) in [5, 5.41) is 14.1. The maximum atomic E-state index is 13.0. The highest BCUT2D eigenvalue weighted by atomic mass is 16.6. The van der Waals surface area contributed by atoms with E-state index in [1.54, 1.807) is 23.1 Å². The van der Waals surface area contributed by atoms with Gasteiger partial charge in [0.2, 0.25) is 5.91 Å². The zero-order chi connectivity index (χ0) is 21.5. The number of hydrogen-bond acceptors (Lipinski definition) is 6. The molecular formula is C22H28N4O4. The molecule has 1 aliphatic rings. The third-order valence-electron chi connectivity index (χ3n) is 5.16. The highest BCUT2D eigenvalue weighted by Gasteiger charge is 2.23. The molecule has 160 valence electrons. The number of benzene rings is 2. The van der Waals surface area contributed by atoms with Crippen molar-refractivity contribution in [2.75, 3.05) is 44.0 Å². The van der Waals surface area contributed by atoms with Crippen LogP contribution in [0.15, 0.2) is 48.5 Å². The molecule has 0 aliphatic carbocycles. The Hall–Kier alpha value is -3.13. The first-order valence-corrected chi connectivity index (χ1v) is 10.1. The van der Waals surface area contributed by atoms with Crippen LogP contribution in [0, 0.1) is 10.1 Å². The van der Waals surface area contributed by atoms with Gasteiger partial charge in [-0.15, -0.1) is 0 Å². The number of amides is 1. The summed E-state index contributed by atoms with van der Waals surface area (Å²) in [6.45, 7) is 1.67. The average Bonchev–Trinajstić information content (AvgIpc) is 3.25. The molecule has 0 radical (unpaired) electrons. The number of rotatable bonds is 9. The fourth-order valence-corrected chi connectivity index (χ4v) is 3.47. The Morgan fingerprint density at radius 1 is 1.20 bits per heavy atom. The minimum atomic E-state index is -0.455. The number of carbonyl (C=O) groups excluding carboxylic acids is 1. The van der Waals surface area contributed by atoms with Gasteiger partial charge < -0.3 is 19.9 Å². The largest absolute Gasteiger partial charge is 0.378 e. The van der Waals surface area contributed by atoms with Crippen molar-refractivity contribution in [3.8, 4) is 0 Å². The van der Waals surface area contributed by atoms with Gasteiger partial charge in [0, 0.05) is 45.5 Å². The summed E-state index contributed by atoms with van der Waals surface area (Å²) in [4.78, 5) is 27.5. The number of para-hydroxylation sites is 2. The van der Waals surface area contributed by atoms with Crippen molar-refractivity contribution < 1.29 is 14.5 Å². The Balaban J connectivity index is 1.69. The van der Waals surface area contributed by atoms with Crippen LogP contribution in [-0.4, -0.2) is 55.6 Å². The van der Waals surface area contributed by atoms with E-state index in [4.69, 9.17) is 4.74 Å². The van der Waals surface area contributed by atoms with Crippen LogP contribution in [0.1, 0.15) is 18.4 Å². The fourth-order valence-electron chi connectivity index (χ4n) is 3.47. The molecule has 8 nitrogen and oxygen atoms in total. The molecule has 1 heterocycles. The van der Waals surface area contributed by atoms with Gasteiger partial charge in [0.05, 0.1) is 17.6 Å². The fraction of sp³-hybridized carbons (Fsp3) is 0.409. The second-order valence-corrected chi connectivity index (χ2v) is 7.60. The van der Waals surface area contributed by atoms with E-state index in [9.17, 15) is 14.9 Å². The second-order valence-electron chi connectivity index (χ2n) is 7.60. The monoisotopic (exact) mass is 412 g/mol. The van der Waals surface area contributed by atoms with Crippen LogP contribution in [-0.2, 0) is 16.1 Å².